The first-order valence-electron chi connectivity index (χ1n) is 5.55. The third-order valence-electron chi connectivity index (χ3n) is 2.58. The van der Waals surface area contributed by atoms with E-state index in [0.29, 0.717) is 5.56 Å². The Morgan fingerprint density at radius 2 is 2.28 bits per heavy atom. The molecule has 1 aliphatic heterocycles. The third kappa shape index (κ3) is 3.04. The summed E-state index contributed by atoms with van der Waals surface area (Å²) in [4.78, 5) is 22.7. The maximum absolute atomic E-state index is 13.3. The summed E-state index contributed by atoms with van der Waals surface area (Å²) in [5, 5.41) is 5.05. The molecule has 2 N–H and O–H groups in total. The number of morpholine rings is 1. The molecular weight excluding hydrogens is 239 g/mol. The Morgan fingerprint density at radius 1 is 1.50 bits per heavy atom. The number of carbonyl (C=O) groups is 2. The summed E-state index contributed by atoms with van der Waals surface area (Å²) >= 11 is 0. The Kier molecular flexibility index (Phi) is 3.88. The molecule has 2 rings (SSSR count). The second-order valence-electron chi connectivity index (χ2n) is 3.94. The van der Waals surface area contributed by atoms with Gasteiger partial charge < -0.3 is 15.4 Å². The summed E-state index contributed by atoms with van der Waals surface area (Å²) < 4.78 is 18.2. The quantitative estimate of drug-likeness (QED) is 0.793. The van der Waals surface area contributed by atoms with Gasteiger partial charge in [0.25, 0.3) is 0 Å². The SMILES string of the molecule is O=C1COCC(C(=O)NCc2ccccc2F)N1. The molecule has 5 nitrogen and oxygen atoms in total. The second-order valence-corrected chi connectivity index (χ2v) is 3.94. The van der Waals surface area contributed by atoms with Gasteiger partial charge in [0.1, 0.15) is 18.5 Å². The Bertz CT molecular complexity index is 464. The van der Waals surface area contributed by atoms with Crippen LogP contribution in [0.25, 0.3) is 0 Å². The smallest absolute Gasteiger partial charge is 0.246 e. The van der Waals surface area contributed by atoms with Crippen LogP contribution in [0.2, 0.25) is 0 Å². The molecule has 0 aromatic heterocycles. The van der Waals surface area contributed by atoms with Crippen molar-refractivity contribution in [2.24, 2.45) is 0 Å². The van der Waals surface area contributed by atoms with Crippen LogP contribution >= 0.6 is 0 Å². The highest BCUT2D eigenvalue weighted by Gasteiger charge is 2.25. The molecule has 0 radical (unpaired) electrons. The molecule has 1 aromatic carbocycles. The predicted octanol–water partition coefficient (Wildman–Crippen LogP) is -0.0431. The number of rotatable bonds is 3. The van der Waals surface area contributed by atoms with Crippen LogP contribution in [0.5, 0.6) is 0 Å². The first kappa shape index (κ1) is 12.5. The summed E-state index contributed by atoms with van der Waals surface area (Å²) in [5.41, 5.74) is 0.397. The predicted molar refractivity (Wildman–Crippen MR) is 61.0 cm³/mol. The standard InChI is InChI=1S/C12H13FN2O3/c13-9-4-2-1-3-8(9)5-14-12(17)10-6-18-7-11(16)15-10/h1-4,10H,5-7H2,(H,14,17)(H,15,16). The molecule has 2 amide bonds. The van der Waals surface area contributed by atoms with Crippen LogP contribution in [0.15, 0.2) is 24.3 Å². The van der Waals surface area contributed by atoms with E-state index in [1.165, 1.54) is 6.07 Å². The highest BCUT2D eigenvalue weighted by molar-refractivity contribution is 5.89. The van der Waals surface area contributed by atoms with Crippen molar-refractivity contribution in [3.8, 4) is 0 Å². The minimum atomic E-state index is -0.710. The summed E-state index contributed by atoms with van der Waals surface area (Å²) in [6.07, 6.45) is 0. The summed E-state index contributed by atoms with van der Waals surface area (Å²) in [6, 6.07) is 5.47. The first-order chi connectivity index (χ1) is 8.66. The Balaban J connectivity index is 1.88. The molecule has 18 heavy (non-hydrogen) atoms. The van der Waals surface area contributed by atoms with E-state index in [1.807, 2.05) is 0 Å². The summed E-state index contributed by atoms with van der Waals surface area (Å²) in [6.45, 7) is 0.184. The molecule has 0 saturated carbocycles. The number of nitrogens with one attached hydrogen (secondary N) is 2. The van der Waals surface area contributed by atoms with Crippen LogP contribution in [-0.4, -0.2) is 31.1 Å². The molecule has 6 heteroatoms. The molecule has 1 aliphatic rings. The first-order valence-corrected chi connectivity index (χ1v) is 5.55. The molecule has 1 unspecified atom stereocenters. The summed E-state index contributed by atoms with van der Waals surface area (Å²) in [7, 11) is 0. The molecule has 1 atom stereocenters. The zero-order chi connectivity index (χ0) is 13.0. The van der Waals surface area contributed by atoms with E-state index >= 15 is 0 Å². The fraction of sp³-hybridized carbons (Fsp3) is 0.333. The lowest BCUT2D eigenvalue weighted by atomic mass is 10.2. The molecule has 1 heterocycles. The number of benzene rings is 1. The number of carbonyl (C=O) groups excluding carboxylic acids is 2. The minimum Gasteiger partial charge on any atom is -0.369 e. The number of amides is 2. The monoisotopic (exact) mass is 252 g/mol. The third-order valence-corrected chi connectivity index (χ3v) is 2.58. The molecule has 1 saturated heterocycles. The highest BCUT2D eigenvalue weighted by atomic mass is 19.1. The van der Waals surface area contributed by atoms with Gasteiger partial charge in [0, 0.05) is 12.1 Å². The number of hydrogen-bond donors (Lipinski definition) is 2. The Labute approximate surface area is 103 Å². The number of ether oxygens (including phenoxy) is 1. The van der Waals surface area contributed by atoms with Gasteiger partial charge >= 0.3 is 0 Å². The van der Waals surface area contributed by atoms with E-state index in [1.54, 1.807) is 18.2 Å². The van der Waals surface area contributed by atoms with Crippen molar-refractivity contribution in [1.82, 2.24) is 10.6 Å². The van der Waals surface area contributed by atoms with Crippen molar-refractivity contribution in [2.75, 3.05) is 13.2 Å². The van der Waals surface area contributed by atoms with E-state index in [9.17, 15) is 14.0 Å². The second kappa shape index (κ2) is 5.59. The van der Waals surface area contributed by atoms with E-state index < -0.39 is 6.04 Å². The van der Waals surface area contributed by atoms with Crippen molar-refractivity contribution in [3.05, 3.63) is 35.6 Å². The van der Waals surface area contributed by atoms with Crippen molar-refractivity contribution >= 4 is 11.8 Å². The van der Waals surface area contributed by atoms with E-state index in [0.717, 1.165) is 0 Å². The van der Waals surface area contributed by atoms with Gasteiger partial charge in [-0.05, 0) is 6.07 Å². The lowest BCUT2D eigenvalue weighted by molar-refractivity contribution is -0.138. The van der Waals surface area contributed by atoms with Crippen molar-refractivity contribution in [2.45, 2.75) is 12.6 Å². The van der Waals surface area contributed by atoms with Gasteiger partial charge in [-0.15, -0.1) is 0 Å². The highest BCUT2D eigenvalue weighted by Crippen LogP contribution is 2.05. The molecule has 0 aliphatic carbocycles. The molecule has 1 aromatic rings. The van der Waals surface area contributed by atoms with Crippen LogP contribution in [0, 0.1) is 5.82 Å². The van der Waals surface area contributed by atoms with Gasteiger partial charge in [-0.1, -0.05) is 18.2 Å². The van der Waals surface area contributed by atoms with Gasteiger partial charge in [-0.2, -0.15) is 0 Å². The topological polar surface area (TPSA) is 67.4 Å². The molecule has 1 fully saturated rings. The van der Waals surface area contributed by atoms with Gasteiger partial charge in [0.05, 0.1) is 6.61 Å². The van der Waals surface area contributed by atoms with Crippen LogP contribution in [0.1, 0.15) is 5.56 Å². The largest absolute Gasteiger partial charge is 0.369 e. The average molecular weight is 252 g/mol. The maximum Gasteiger partial charge on any atom is 0.246 e. The fourth-order valence-corrected chi connectivity index (χ4v) is 1.64. The van der Waals surface area contributed by atoms with Gasteiger partial charge in [0.2, 0.25) is 11.8 Å². The van der Waals surface area contributed by atoms with Crippen LogP contribution < -0.4 is 10.6 Å². The van der Waals surface area contributed by atoms with Crippen LogP contribution in [0.4, 0.5) is 4.39 Å². The van der Waals surface area contributed by atoms with Gasteiger partial charge in [-0.3, -0.25) is 9.59 Å². The number of hydrogen-bond acceptors (Lipinski definition) is 3. The zero-order valence-corrected chi connectivity index (χ0v) is 9.61. The molecule has 96 valence electrons. The van der Waals surface area contributed by atoms with Crippen molar-refractivity contribution < 1.29 is 18.7 Å². The Morgan fingerprint density at radius 3 is 3.00 bits per heavy atom. The molecular formula is C12H13FN2O3. The molecule has 0 bridgehead atoms. The van der Waals surface area contributed by atoms with Crippen LogP contribution in [-0.2, 0) is 20.9 Å². The van der Waals surface area contributed by atoms with E-state index in [-0.39, 0.29) is 37.4 Å². The zero-order valence-electron chi connectivity index (χ0n) is 9.61. The summed E-state index contributed by atoms with van der Waals surface area (Å²) in [5.74, 6) is -1.08. The van der Waals surface area contributed by atoms with Gasteiger partial charge in [-0.25, -0.2) is 4.39 Å². The van der Waals surface area contributed by atoms with Crippen molar-refractivity contribution in [1.29, 1.82) is 0 Å². The van der Waals surface area contributed by atoms with Gasteiger partial charge in [0.15, 0.2) is 0 Å². The Hall–Kier alpha value is -1.95. The minimum absolute atomic E-state index is 0.0307. The van der Waals surface area contributed by atoms with Crippen molar-refractivity contribution in [3.63, 3.8) is 0 Å². The molecule has 0 spiro atoms. The lowest BCUT2D eigenvalue weighted by Crippen LogP contribution is -2.53. The normalized spacial score (nSPS) is 19.2. The maximum atomic E-state index is 13.3. The number of halogens is 1. The fourth-order valence-electron chi connectivity index (χ4n) is 1.64. The average Bonchev–Trinajstić information content (AvgIpc) is 2.37. The van der Waals surface area contributed by atoms with Crippen LogP contribution in [0.3, 0.4) is 0 Å². The van der Waals surface area contributed by atoms with E-state index in [2.05, 4.69) is 10.6 Å². The van der Waals surface area contributed by atoms with E-state index in [4.69, 9.17) is 4.74 Å². The lowest BCUT2D eigenvalue weighted by Gasteiger charge is -2.22.